The smallest absolute Gasteiger partial charge is 0.435 e. The molecule has 3 aromatic heterocycles. The number of anilines is 1. The first kappa shape index (κ1) is 30.9. The van der Waals surface area contributed by atoms with E-state index in [1.54, 1.807) is 0 Å². The lowest BCUT2D eigenvalue weighted by atomic mass is 10.1. The molecule has 1 aromatic carbocycles. The highest BCUT2D eigenvalue weighted by molar-refractivity contribution is 6.34. The third-order valence-corrected chi connectivity index (χ3v) is 7.24. The van der Waals surface area contributed by atoms with Crippen molar-refractivity contribution in [2.45, 2.75) is 6.18 Å². The lowest BCUT2D eigenvalue weighted by Crippen LogP contribution is -2.50. The minimum absolute atomic E-state index is 0.0149. The van der Waals surface area contributed by atoms with E-state index >= 15 is 0 Å². The van der Waals surface area contributed by atoms with Crippen molar-refractivity contribution in [3.63, 3.8) is 0 Å². The zero-order valence-corrected chi connectivity index (χ0v) is 23.8. The third kappa shape index (κ3) is 6.26. The van der Waals surface area contributed by atoms with Crippen LogP contribution in [0.1, 0.15) is 26.7 Å². The van der Waals surface area contributed by atoms with E-state index in [4.69, 9.17) is 16.7 Å². The van der Waals surface area contributed by atoms with Gasteiger partial charge in [-0.2, -0.15) is 18.3 Å². The summed E-state index contributed by atoms with van der Waals surface area (Å²) in [7, 11) is 1.33. The summed E-state index contributed by atoms with van der Waals surface area (Å²) in [6.07, 6.45) is -3.02. The van der Waals surface area contributed by atoms with Crippen LogP contribution in [0.15, 0.2) is 48.9 Å². The number of hydrogen-bond acceptors (Lipinski definition) is 8. The summed E-state index contributed by atoms with van der Waals surface area (Å²) in [5, 5.41) is 26.1. The second kappa shape index (κ2) is 11.9. The third-order valence-electron chi connectivity index (χ3n) is 6.92. The van der Waals surface area contributed by atoms with Crippen LogP contribution in [-0.2, 0) is 13.2 Å². The van der Waals surface area contributed by atoms with Gasteiger partial charge in [0.25, 0.3) is 17.5 Å². The number of alkyl halides is 3. The molecule has 1 fully saturated rings. The number of carbonyl (C=O) groups excluding carboxylic acids is 2. The maximum atomic E-state index is 14.0. The van der Waals surface area contributed by atoms with Gasteiger partial charge in [-0.1, -0.05) is 11.6 Å². The number of hydrogen-bond donors (Lipinski definition) is 2. The Kier molecular flexibility index (Phi) is 8.16. The molecule has 15 nitrogen and oxygen atoms in total. The van der Waals surface area contributed by atoms with Crippen LogP contribution in [0.25, 0.3) is 17.1 Å². The van der Waals surface area contributed by atoms with Crippen molar-refractivity contribution in [3.05, 3.63) is 81.1 Å². The van der Waals surface area contributed by atoms with Crippen LogP contribution in [-0.4, -0.2) is 88.2 Å². The van der Waals surface area contributed by atoms with Crippen LogP contribution in [0.5, 0.6) is 0 Å². The second-order valence-corrected chi connectivity index (χ2v) is 10.1. The highest BCUT2D eigenvalue weighted by Crippen LogP contribution is 2.37. The molecule has 1 aliphatic heterocycles. The van der Waals surface area contributed by atoms with E-state index in [1.165, 1.54) is 35.0 Å². The maximum Gasteiger partial charge on any atom is 0.435 e. The topological polar surface area (TPSA) is 182 Å². The van der Waals surface area contributed by atoms with E-state index in [0.717, 1.165) is 40.0 Å². The van der Waals surface area contributed by atoms with Gasteiger partial charge in [-0.15, -0.1) is 0 Å². The molecule has 45 heavy (non-hydrogen) atoms. The molecule has 0 bridgehead atoms. The number of aromatic nitrogens is 5. The first-order valence-electron chi connectivity index (χ1n) is 12.9. The number of pyridine rings is 1. The van der Waals surface area contributed by atoms with Crippen LogP contribution in [0.2, 0.25) is 5.02 Å². The van der Waals surface area contributed by atoms with Gasteiger partial charge in [0, 0.05) is 51.2 Å². The Morgan fingerprint density at radius 3 is 2.31 bits per heavy atom. The number of carboxylic acid groups (broad SMARTS) is 1. The number of rotatable bonds is 6. The first-order chi connectivity index (χ1) is 21.2. The summed E-state index contributed by atoms with van der Waals surface area (Å²) < 4.78 is 43.8. The molecule has 0 saturated carbocycles. The lowest BCUT2D eigenvalue weighted by Gasteiger charge is -2.33. The van der Waals surface area contributed by atoms with Gasteiger partial charge in [-0.3, -0.25) is 19.7 Å². The molecule has 4 heterocycles. The van der Waals surface area contributed by atoms with Crippen molar-refractivity contribution in [1.82, 2.24) is 34.1 Å². The number of halogens is 4. The Morgan fingerprint density at radius 1 is 1.04 bits per heavy atom. The molecule has 1 aliphatic rings. The van der Waals surface area contributed by atoms with Crippen LogP contribution >= 0.6 is 11.6 Å². The molecule has 0 atom stereocenters. The van der Waals surface area contributed by atoms with Crippen molar-refractivity contribution in [2.24, 2.45) is 7.05 Å². The van der Waals surface area contributed by atoms with Gasteiger partial charge < -0.3 is 24.8 Å². The number of nitrogens with one attached hydrogen (secondary N) is 1. The fourth-order valence-electron chi connectivity index (χ4n) is 4.61. The van der Waals surface area contributed by atoms with E-state index in [2.05, 4.69) is 20.4 Å². The van der Waals surface area contributed by atoms with Crippen molar-refractivity contribution in [1.29, 1.82) is 0 Å². The quantitative estimate of drug-likeness (QED) is 0.231. The lowest BCUT2D eigenvalue weighted by molar-refractivity contribution is -0.385. The summed E-state index contributed by atoms with van der Waals surface area (Å²) in [6, 6.07) is 6.34. The largest absolute Gasteiger partial charge is 0.465 e. The number of piperazine rings is 1. The minimum atomic E-state index is -4.91. The molecule has 1 saturated heterocycles. The molecule has 0 spiro atoms. The summed E-state index contributed by atoms with van der Waals surface area (Å²) in [5.41, 5.74) is -1.88. The first-order valence-corrected chi connectivity index (χ1v) is 13.3. The molecule has 0 radical (unpaired) electrons. The minimum Gasteiger partial charge on any atom is -0.465 e. The molecule has 2 N–H and O–H groups in total. The molecule has 19 heteroatoms. The van der Waals surface area contributed by atoms with E-state index < -0.39 is 40.3 Å². The predicted molar refractivity (Wildman–Crippen MR) is 150 cm³/mol. The van der Waals surface area contributed by atoms with Gasteiger partial charge in [0.1, 0.15) is 6.20 Å². The van der Waals surface area contributed by atoms with Gasteiger partial charge in [0.15, 0.2) is 17.3 Å². The molecular formula is C26H21ClF3N9O6. The Labute approximate surface area is 255 Å². The van der Waals surface area contributed by atoms with E-state index in [-0.39, 0.29) is 65.5 Å². The van der Waals surface area contributed by atoms with Gasteiger partial charge >= 0.3 is 12.3 Å². The summed E-state index contributed by atoms with van der Waals surface area (Å²) in [6.45, 7) is 0.664. The fourth-order valence-corrected chi connectivity index (χ4v) is 4.87. The highest BCUT2D eigenvalue weighted by Gasteiger charge is 2.39. The zero-order valence-electron chi connectivity index (χ0n) is 23.0. The molecular weight excluding hydrogens is 627 g/mol. The van der Waals surface area contributed by atoms with E-state index in [1.807, 2.05) is 0 Å². The van der Waals surface area contributed by atoms with Crippen molar-refractivity contribution in [2.75, 3.05) is 31.5 Å². The van der Waals surface area contributed by atoms with E-state index in [9.17, 15) is 37.7 Å². The fraction of sp³-hybridized carbons (Fsp3) is 0.231. The Morgan fingerprint density at radius 2 is 1.73 bits per heavy atom. The number of imidazole rings is 1. The predicted octanol–water partition coefficient (Wildman–Crippen LogP) is 3.94. The van der Waals surface area contributed by atoms with Crippen molar-refractivity contribution >= 4 is 40.9 Å². The number of nitrogens with zero attached hydrogens (tertiary/aromatic N) is 8. The van der Waals surface area contributed by atoms with Gasteiger partial charge in [-0.05, 0) is 24.3 Å². The number of amides is 3. The van der Waals surface area contributed by atoms with Crippen LogP contribution < -0.4 is 5.32 Å². The van der Waals surface area contributed by atoms with Gasteiger partial charge in [0.05, 0.1) is 33.0 Å². The number of carbonyl (C=O) groups is 3. The van der Waals surface area contributed by atoms with Gasteiger partial charge in [-0.25, -0.2) is 19.4 Å². The average Bonchev–Trinajstić information content (AvgIpc) is 3.61. The zero-order chi connectivity index (χ0) is 32.6. The molecule has 3 amide bonds. The van der Waals surface area contributed by atoms with Crippen LogP contribution in [0, 0.1) is 10.1 Å². The van der Waals surface area contributed by atoms with Crippen LogP contribution in [0.4, 0.5) is 29.3 Å². The average molecular weight is 648 g/mol. The van der Waals surface area contributed by atoms with Crippen molar-refractivity contribution in [3.8, 4) is 17.1 Å². The highest BCUT2D eigenvalue weighted by atomic mass is 35.5. The molecule has 0 aliphatic carbocycles. The Balaban J connectivity index is 1.35. The molecule has 5 rings (SSSR count). The molecule has 0 unspecified atom stereocenters. The number of benzene rings is 1. The monoisotopic (exact) mass is 647 g/mol. The van der Waals surface area contributed by atoms with Crippen molar-refractivity contribution < 1.29 is 37.6 Å². The molecule has 4 aromatic rings. The normalized spacial score (nSPS) is 13.5. The summed E-state index contributed by atoms with van der Waals surface area (Å²) >= 11 is 6.33. The molecule has 234 valence electrons. The Hall–Kier alpha value is -5.52. The second-order valence-electron chi connectivity index (χ2n) is 9.70. The summed E-state index contributed by atoms with van der Waals surface area (Å²) in [5.74, 6) is -1.58. The number of nitro groups is 1. The van der Waals surface area contributed by atoms with Crippen LogP contribution in [0.3, 0.4) is 0 Å². The maximum absolute atomic E-state index is 14.0. The Bertz CT molecular complexity index is 1820. The standard InChI is InChI=1S/C26H21ClF3N9O6/c1-35-19(17-13-38(34-21(17)26(28,29)30)20-5-3-15(11-31-20)39(44)45)12-32-22(35)23(40)33-14-2-4-16(18(27)10-14)24(41)36-6-8-37(9-7-36)25(42)43/h2-5,10-13H,6-9H2,1H3,(H,33,40)(H,42,43). The van der Waals surface area contributed by atoms with Gasteiger partial charge in [0.2, 0.25) is 0 Å². The van der Waals surface area contributed by atoms with E-state index in [0.29, 0.717) is 0 Å². The summed E-state index contributed by atoms with van der Waals surface area (Å²) in [4.78, 5) is 57.7. The SMILES string of the molecule is Cn1c(-c2cn(-c3ccc([N+](=O)[O-])cn3)nc2C(F)(F)F)cnc1C(=O)Nc1ccc(C(=O)N2CCN(C(=O)O)CC2)c(Cl)c1.